The van der Waals surface area contributed by atoms with Crippen LogP contribution >= 0.6 is 0 Å². The van der Waals surface area contributed by atoms with Crippen LogP contribution in [0.2, 0.25) is 0 Å². The number of hydrogen-bond acceptors (Lipinski definition) is 2. The van der Waals surface area contributed by atoms with Gasteiger partial charge in [0.25, 0.3) is 0 Å². The fourth-order valence-electron chi connectivity index (χ4n) is 7.49. The summed E-state index contributed by atoms with van der Waals surface area (Å²) in [4.78, 5) is 4.60. The third kappa shape index (κ3) is 5.54. The van der Waals surface area contributed by atoms with Crippen molar-refractivity contribution in [3.8, 4) is 45.1 Å². The minimum Gasteiger partial charge on any atom is -0.373 e. The van der Waals surface area contributed by atoms with Crippen molar-refractivity contribution >= 4 is 21.8 Å². The van der Waals surface area contributed by atoms with Crippen LogP contribution in [0.1, 0.15) is 43.2 Å². The molecule has 0 aliphatic heterocycles. The predicted molar refractivity (Wildman–Crippen MR) is 202 cm³/mol. The fraction of sp³-hybridized carbons (Fsp3) is 0.182. The van der Waals surface area contributed by atoms with Crippen molar-refractivity contribution in [2.24, 2.45) is 7.05 Å². The molecule has 0 fully saturated rings. The minimum atomic E-state index is -0.237. The maximum Gasteiger partial charge on any atom is 2.00 e. The van der Waals surface area contributed by atoms with Crippen molar-refractivity contribution in [1.82, 2.24) is 23.9 Å². The van der Waals surface area contributed by atoms with Crippen LogP contribution < -0.4 is 0 Å². The molecule has 50 heavy (non-hydrogen) atoms. The van der Waals surface area contributed by atoms with Crippen molar-refractivity contribution in [2.75, 3.05) is 0 Å². The fourth-order valence-corrected chi connectivity index (χ4v) is 7.49. The second kappa shape index (κ2) is 12.7. The van der Waals surface area contributed by atoms with E-state index in [1.807, 2.05) is 24.0 Å². The molecule has 0 bridgehead atoms. The van der Waals surface area contributed by atoms with E-state index in [1.54, 1.807) is 0 Å². The first-order chi connectivity index (χ1) is 23.6. The van der Waals surface area contributed by atoms with Crippen molar-refractivity contribution in [1.29, 1.82) is 0 Å². The number of aryl methyl sites for hydroxylation is 4. The van der Waals surface area contributed by atoms with Crippen LogP contribution in [0.3, 0.4) is 0 Å². The van der Waals surface area contributed by atoms with Gasteiger partial charge in [-0.1, -0.05) is 92.5 Å². The van der Waals surface area contributed by atoms with Crippen molar-refractivity contribution in [2.45, 2.75) is 47.0 Å². The van der Waals surface area contributed by atoms with Gasteiger partial charge < -0.3 is 9.13 Å². The van der Waals surface area contributed by atoms with Crippen LogP contribution in [0.5, 0.6) is 0 Å². The number of imidazole rings is 1. The van der Waals surface area contributed by atoms with Crippen molar-refractivity contribution in [3.05, 3.63) is 144 Å². The molecule has 0 spiro atoms. The molecule has 0 amide bonds. The molecule has 0 saturated heterocycles. The van der Waals surface area contributed by atoms with Gasteiger partial charge in [-0.25, -0.2) is 0 Å². The SMILES string of the molecule is Cc1cc(C)c(-c2c(-c3ccccc3)nn(-c3[c-]c4c(cc3)c3ccccc3n4-c3[c-]c(-c4nccn4C)ccc3)c2C(C)(C)C)c(C)c1.[Pt+2]. The second-order valence-electron chi connectivity index (χ2n) is 14.1. The molecule has 8 rings (SSSR count). The Kier molecular flexibility index (Phi) is 8.52. The van der Waals surface area contributed by atoms with Crippen LogP contribution in [0.4, 0.5) is 0 Å². The molecule has 0 radical (unpaired) electrons. The molecule has 5 nitrogen and oxygen atoms in total. The molecule has 3 heterocycles. The van der Waals surface area contributed by atoms with Gasteiger partial charge in [-0.05, 0) is 60.3 Å². The van der Waals surface area contributed by atoms with Crippen LogP contribution in [0.25, 0.3) is 67.0 Å². The summed E-state index contributed by atoms with van der Waals surface area (Å²) < 4.78 is 6.44. The van der Waals surface area contributed by atoms with Gasteiger partial charge in [0.05, 0.1) is 11.5 Å². The molecule has 0 N–H and O–H groups in total. The number of fused-ring (bicyclic) bond motifs is 3. The molecule has 0 unspecified atom stereocenters. The van der Waals surface area contributed by atoms with E-state index in [0.717, 1.165) is 56.1 Å². The van der Waals surface area contributed by atoms with E-state index in [9.17, 15) is 0 Å². The maximum atomic E-state index is 5.48. The van der Waals surface area contributed by atoms with E-state index >= 15 is 0 Å². The Bertz CT molecular complexity index is 2500. The number of benzene rings is 5. The largest absolute Gasteiger partial charge is 2.00 e. The molecule has 0 aliphatic rings. The quantitative estimate of drug-likeness (QED) is 0.162. The number of aromatic nitrogens is 5. The smallest absolute Gasteiger partial charge is 0.373 e. The Hall–Kier alpha value is -4.99. The second-order valence-corrected chi connectivity index (χ2v) is 14.1. The summed E-state index contributed by atoms with van der Waals surface area (Å²) in [5, 5.41) is 7.78. The summed E-state index contributed by atoms with van der Waals surface area (Å²) >= 11 is 0. The molecular formula is C44H39N5Pt. The third-order valence-electron chi connectivity index (χ3n) is 9.45. The third-order valence-corrected chi connectivity index (χ3v) is 9.45. The van der Waals surface area contributed by atoms with E-state index in [1.165, 1.54) is 33.2 Å². The first-order valence-electron chi connectivity index (χ1n) is 16.8. The summed E-state index contributed by atoms with van der Waals surface area (Å²) in [6, 6.07) is 41.9. The van der Waals surface area contributed by atoms with E-state index in [0.29, 0.717) is 0 Å². The van der Waals surface area contributed by atoms with E-state index in [-0.39, 0.29) is 26.5 Å². The summed E-state index contributed by atoms with van der Waals surface area (Å²) in [7, 11) is 2.01. The summed E-state index contributed by atoms with van der Waals surface area (Å²) in [6.45, 7) is 13.5. The zero-order valence-electron chi connectivity index (χ0n) is 29.4. The number of para-hydroxylation sites is 1. The topological polar surface area (TPSA) is 40.6 Å². The molecule has 0 aliphatic carbocycles. The molecule has 250 valence electrons. The Balaban J connectivity index is 0.00000392. The first kappa shape index (κ1) is 33.5. The summed E-state index contributed by atoms with van der Waals surface area (Å²) in [5.41, 5.74) is 14.0. The molecule has 0 saturated carbocycles. The Morgan fingerprint density at radius 3 is 2.12 bits per heavy atom. The molecule has 8 aromatic rings. The van der Waals surface area contributed by atoms with Crippen molar-refractivity contribution in [3.63, 3.8) is 0 Å². The molecule has 5 aromatic carbocycles. The van der Waals surface area contributed by atoms with E-state index < -0.39 is 0 Å². The van der Waals surface area contributed by atoms with Gasteiger partial charge >= 0.3 is 21.1 Å². The summed E-state index contributed by atoms with van der Waals surface area (Å²) in [6.07, 6.45) is 3.79. The zero-order chi connectivity index (χ0) is 34.0. The average molecular weight is 833 g/mol. The van der Waals surface area contributed by atoms with E-state index in [2.05, 4.69) is 165 Å². The summed E-state index contributed by atoms with van der Waals surface area (Å²) in [5.74, 6) is 0.876. The van der Waals surface area contributed by atoms with Gasteiger partial charge in [0.2, 0.25) is 0 Å². The number of rotatable bonds is 5. The Labute approximate surface area is 308 Å². The van der Waals surface area contributed by atoms with Gasteiger partial charge in [-0.3, -0.25) is 9.67 Å². The number of hydrogen-bond donors (Lipinski definition) is 0. The predicted octanol–water partition coefficient (Wildman–Crippen LogP) is 10.5. The Morgan fingerprint density at radius 1 is 0.700 bits per heavy atom. The standard InChI is InChI=1S/C44H39N5.Pt/c1-28-24-29(2)39(30(3)25-28)40-41(31-14-9-8-10-15-31)46-49(42(40)44(4,5)6)34-20-21-36-35-18-11-12-19-37(35)48(38(36)27-34)33-17-13-16-32(26-33)43-45-22-23-47(43)7;/h8-25H,1-7H3;/q-2;+2. The van der Waals surface area contributed by atoms with Crippen LogP contribution in [-0.2, 0) is 33.5 Å². The van der Waals surface area contributed by atoms with Crippen LogP contribution in [0, 0.1) is 32.9 Å². The molecule has 6 heteroatoms. The molecule has 0 atom stereocenters. The van der Waals surface area contributed by atoms with Gasteiger partial charge in [0, 0.05) is 41.5 Å². The maximum absolute atomic E-state index is 5.48. The van der Waals surface area contributed by atoms with Crippen LogP contribution in [-0.4, -0.2) is 23.9 Å². The zero-order valence-corrected chi connectivity index (χ0v) is 31.7. The monoisotopic (exact) mass is 832 g/mol. The normalized spacial score (nSPS) is 11.7. The van der Waals surface area contributed by atoms with Gasteiger partial charge in [-0.2, -0.15) is 11.2 Å². The minimum absolute atomic E-state index is 0. The Morgan fingerprint density at radius 2 is 1.42 bits per heavy atom. The van der Waals surface area contributed by atoms with E-state index in [4.69, 9.17) is 5.10 Å². The number of nitrogens with zero attached hydrogens (tertiary/aromatic N) is 5. The van der Waals surface area contributed by atoms with Gasteiger partial charge in [0.15, 0.2) is 0 Å². The molecule has 3 aromatic heterocycles. The average Bonchev–Trinajstić information content (AvgIpc) is 3.78. The van der Waals surface area contributed by atoms with Crippen LogP contribution in [0.15, 0.2) is 109 Å². The van der Waals surface area contributed by atoms with Gasteiger partial charge in [0.1, 0.15) is 5.69 Å². The van der Waals surface area contributed by atoms with Crippen molar-refractivity contribution < 1.29 is 21.1 Å². The molecular weight excluding hydrogens is 794 g/mol. The van der Waals surface area contributed by atoms with Gasteiger partial charge in [-0.15, -0.1) is 47.3 Å². The first-order valence-corrected chi connectivity index (χ1v) is 16.8.